The number of aryl methyl sites for hydroxylation is 1. The molecule has 0 aliphatic carbocycles. The second-order valence-corrected chi connectivity index (χ2v) is 4.40. The van der Waals surface area contributed by atoms with E-state index in [1.165, 1.54) is 0 Å². The molecule has 92 valence electrons. The summed E-state index contributed by atoms with van der Waals surface area (Å²) in [5, 5.41) is 10.4. The molecule has 1 aliphatic rings. The number of hydrogen-bond donors (Lipinski definition) is 1. The first-order chi connectivity index (χ1) is 7.96. The summed E-state index contributed by atoms with van der Waals surface area (Å²) in [5.41, 5.74) is 0.306. The van der Waals surface area contributed by atoms with E-state index in [-0.39, 0.29) is 6.61 Å². The molecule has 0 aromatic heterocycles. The Labute approximate surface area is 100 Å². The molecule has 1 heterocycles. The minimum Gasteiger partial charge on any atom is -0.475 e. The largest absolute Gasteiger partial charge is 0.475 e. The van der Waals surface area contributed by atoms with E-state index in [1.807, 2.05) is 19.1 Å². The van der Waals surface area contributed by atoms with Crippen LogP contribution < -0.4 is 4.74 Å². The van der Waals surface area contributed by atoms with Gasteiger partial charge in [-0.05, 0) is 32.4 Å². The highest BCUT2D eigenvalue weighted by Crippen LogP contribution is 2.41. The van der Waals surface area contributed by atoms with Crippen molar-refractivity contribution in [2.75, 3.05) is 6.61 Å². The summed E-state index contributed by atoms with van der Waals surface area (Å²) >= 11 is 0. The number of esters is 1. The predicted octanol–water partition coefficient (Wildman–Crippen LogP) is 1.53. The molecule has 0 radical (unpaired) electrons. The van der Waals surface area contributed by atoms with E-state index in [4.69, 9.17) is 9.47 Å². The van der Waals surface area contributed by atoms with Gasteiger partial charge < -0.3 is 14.6 Å². The lowest BCUT2D eigenvalue weighted by atomic mass is 9.92. The van der Waals surface area contributed by atoms with Crippen LogP contribution in [0.3, 0.4) is 0 Å². The molecule has 1 aliphatic heterocycles. The molecule has 0 amide bonds. The fourth-order valence-electron chi connectivity index (χ4n) is 2.02. The van der Waals surface area contributed by atoms with Crippen LogP contribution in [0.15, 0.2) is 18.2 Å². The number of aliphatic hydroxyl groups is 1. The summed E-state index contributed by atoms with van der Waals surface area (Å²) in [6, 6.07) is 5.47. The lowest BCUT2D eigenvalue weighted by molar-refractivity contribution is -0.161. The van der Waals surface area contributed by atoms with Gasteiger partial charge in [0, 0.05) is 5.56 Å². The predicted molar refractivity (Wildman–Crippen MR) is 61.8 cm³/mol. The Balaban J connectivity index is 2.35. The summed E-state index contributed by atoms with van der Waals surface area (Å²) in [4.78, 5) is 11.7. The second kappa shape index (κ2) is 4.04. The Morgan fingerprint density at radius 3 is 2.94 bits per heavy atom. The molecular weight excluding hydrogens is 220 g/mol. The molecule has 0 bridgehead atoms. The van der Waals surface area contributed by atoms with E-state index in [1.54, 1.807) is 19.9 Å². The third kappa shape index (κ3) is 1.89. The van der Waals surface area contributed by atoms with Gasteiger partial charge in [0.25, 0.3) is 0 Å². The van der Waals surface area contributed by atoms with Crippen molar-refractivity contribution in [3.8, 4) is 5.75 Å². The zero-order valence-electron chi connectivity index (χ0n) is 10.2. The van der Waals surface area contributed by atoms with Crippen LogP contribution in [0.2, 0.25) is 0 Å². The summed E-state index contributed by atoms with van der Waals surface area (Å²) in [5.74, 6) is 0.0133. The van der Waals surface area contributed by atoms with Crippen LogP contribution in [0.25, 0.3) is 0 Å². The van der Waals surface area contributed by atoms with Gasteiger partial charge in [-0.1, -0.05) is 12.1 Å². The second-order valence-electron chi connectivity index (χ2n) is 4.40. The molecule has 0 fully saturated rings. The van der Waals surface area contributed by atoms with Crippen molar-refractivity contribution in [2.24, 2.45) is 0 Å². The maximum atomic E-state index is 11.7. The third-order valence-electron chi connectivity index (χ3n) is 2.94. The first-order valence-corrected chi connectivity index (χ1v) is 5.63. The molecule has 0 saturated carbocycles. The van der Waals surface area contributed by atoms with Crippen LogP contribution in [0.5, 0.6) is 5.75 Å². The highest BCUT2D eigenvalue weighted by atomic mass is 16.6. The number of carbonyl (C=O) groups excluding carboxylic acids is 1. The van der Waals surface area contributed by atoms with Gasteiger partial charge in [0.2, 0.25) is 6.10 Å². The summed E-state index contributed by atoms with van der Waals surface area (Å²) in [6.07, 6.45) is -0.987. The molecule has 1 aromatic rings. The Bertz CT molecular complexity index is 451. The van der Waals surface area contributed by atoms with Crippen LogP contribution in [0.4, 0.5) is 0 Å². The summed E-state index contributed by atoms with van der Waals surface area (Å²) in [6.45, 7) is 5.48. The topological polar surface area (TPSA) is 55.8 Å². The summed E-state index contributed by atoms with van der Waals surface area (Å²) in [7, 11) is 0. The Kier molecular flexibility index (Phi) is 2.83. The van der Waals surface area contributed by atoms with Gasteiger partial charge in [0.15, 0.2) is 0 Å². The average Bonchev–Trinajstić information content (AvgIpc) is 2.50. The van der Waals surface area contributed by atoms with Gasteiger partial charge in [0.05, 0.1) is 6.61 Å². The van der Waals surface area contributed by atoms with Crippen LogP contribution >= 0.6 is 0 Å². The molecule has 1 N–H and O–H groups in total. The lowest BCUT2D eigenvalue weighted by Gasteiger charge is -2.22. The molecule has 4 heteroatoms. The molecule has 0 saturated heterocycles. The van der Waals surface area contributed by atoms with Crippen molar-refractivity contribution in [3.05, 3.63) is 29.3 Å². The standard InChI is InChI=1S/C13H16O4/c1-4-16-12(14)11-13(3,15)9-6-5-8(2)7-10(9)17-11/h5-7,11,15H,4H2,1-3H3/t11-,13-/m1/s1. The molecular formula is C13H16O4. The van der Waals surface area contributed by atoms with Crippen molar-refractivity contribution in [1.82, 2.24) is 0 Å². The molecule has 2 rings (SSSR count). The minimum absolute atomic E-state index is 0.268. The first-order valence-electron chi connectivity index (χ1n) is 5.63. The van der Waals surface area contributed by atoms with Crippen LogP contribution in [-0.4, -0.2) is 23.8 Å². The van der Waals surface area contributed by atoms with Gasteiger partial charge in [0.1, 0.15) is 11.4 Å². The number of hydrogen-bond acceptors (Lipinski definition) is 4. The Hall–Kier alpha value is -1.55. The maximum Gasteiger partial charge on any atom is 0.350 e. The van der Waals surface area contributed by atoms with Crippen LogP contribution in [0.1, 0.15) is 25.0 Å². The van der Waals surface area contributed by atoms with E-state index < -0.39 is 17.7 Å². The van der Waals surface area contributed by atoms with E-state index in [2.05, 4.69) is 0 Å². The molecule has 1 aromatic carbocycles. The number of carbonyl (C=O) groups is 1. The van der Waals surface area contributed by atoms with Crippen molar-refractivity contribution >= 4 is 5.97 Å². The average molecular weight is 236 g/mol. The zero-order chi connectivity index (χ0) is 12.6. The number of fused-ring (bicyclic) bond motifs is 1. The maximum absolute atomic E-state index is 11.7. The van der Waals surface area contributed by atoms with Crippen LogP contribution in [0, 0.1) is 6.92 Å². The van der Waals surface area contributed by atoms with Crippen molar-refractivity contribution in [3.63, 3.8) is 0 Å². The lowest BCUT2D eigenvalue weighted by Crippen LogP contribution is -2.42. The molecule has 0 unspecified atom stereocenters. The number of benzene rings is 1. The smallest absolute Gasteiger partial charge is 0.350 e. The quantitative estimate of drug-likeness (QED) is 0.791. The Morgan fingerprint density at radius 1 is 1.59 bits per heavy atom. The highest BCUT2D eigenvalue weighted by molar-refractivity contribution is 5.78. The third-order valence-corrected chi connectivity index (χ3v) is 2.94. The molecule has 17 heavy (non-hydrogen) atoms. The number of rotatable bonds is 2. The monoisotopic (exact) mass is 236 g/mol. The SMILES string of the molecule is CCOC(=O)[C@H]1Oc2cc(C)ccc2[C@@]1(C)O. The highest BCUT2D eigenvalue weighted by Gasteiger charge is 2.49. The van der Waals surface area contributed by atoms with E-state index >= 15 is 0 Å². The Morgan fingerprint density at radius 2 is 2.29 bits per heavy atom. The van der Waals surface area contributed by atoms with E-state index in [0.29, 0.717) is 11.3 Å². The van der Waals surface area contributed by atoms with E-state index in [0.717, 1.165) is 5.56 Å². The fraction of sp³-hybridized carbons (Fsp3) is 0.462. The fourth-order valence-corrected chi connectivity index (χ4v) is 2.02. The van der Waals surface area contributed by atoms with Gasteiger partial charge >= 0.3 is 5.97 Å². The van der Waals surface area contributed by atoms with Crippen molar-refractivity contribution < 1.29 is 19.4 Å². The molecule has 4 nitrogen and oxygen atoms in total. The van der Waals surface area contributed by atoms with Crippen molar-refractivity contribution in [2.45, 2.75) is 32.5 Å². The number of ether oxygens (including phenoxy) is 2. The minimum atomic E-state index is -1.34. The van der Waals surface area contributed by atoms with Gasteiger partial charge in [-0.2, -0.15) is 0 Å². The molecule has 0 spiro atoms. The van der Waals surface area contributed by atoms with Gasteiger partial charge in [-0.25, -0.2) is 4.79 Å². The van der Waals surface area contributed by atoms with Gasteiger partial charge in [-0.3, -0.25) is 0 Å². The van der Waals surface area contributed by atoms with Crippen LogP contribution in [-0.2, 0) is 15.1 Å². The zero-order valence-corrected chi connectivity index (χ0v) is 10.2. The normalized spacial score (nSPS) is 26.2. The van der Waals surface area contributed by atoms with Crippen molar-refractivity contribution in [1.29, 1.82) is 0 Å². The van der Waals surface area contributed by atoms with E-state index in [9.17, 15) is 9.90 Å². The first kappa shape index (κ1) is 11.9. The summed E-state index contributed by atoms with van der Waals surface area (Å²) < 4.78 is 10.4. The molecule has 2 atom stereocenters. The van der Waals surface area contributed by atoms with Gasteiger partial charge in [-0.15, -0.1) is 0 Å².